The minimum atomic E-state index is -0.416. The first kappa shape index (κ1) is 14.0. The SMILES string of the molecule is C/C=C/C=C1\N=C(c2ccc(-c3ccccc3)cc2)OC1=O. The minimum absolute atomic E-state index is 0.320. The molecule has 0 aliphatic carbocycles. The molecule has 0 atom stereocenters. The van der Waals surface area contributed by atoms with Crippen molar-refractivity contribution in [1.82, 2.24) is 0 Å². The summed E-state index contributed by atoms with van der Waals surface area (Å²) in [7, 11) is 0. The van der Waals surface area contributed by atoms with Crippen LogP contribution in [0.3, 0.4) is 0 Å². The van der Waals surface area contributed by atoms with Gasteiger partial charge in [-0.2, -0.15) is 0 Å². The van der Waals surface area contributed by atoms with Crippen LogP contribution in [0.2, 0.25) is 0 Å². The average Bonchev–Trinajstić information content (AvgIpc) is 2.95. The maximum atomic E-state index is 11.7. The number of allylic oxidation sites excluding steroid dienone is 3. The van der Waals surface area contributed by atoms with E-state index >= 15 is 0 Å². The van der Waals surface area contributed by atoms with E-state index in [-0.39, 0.29) is 0 Å². The maximum absolute atomic E-state index is 11.7. The predicted molar refractivity (Wildman–Crippen MR) is 87.4 cm³/mol. The van der Waals surface area contributed by atoms with E-state index in [4.69, 9.17) is 4.74 Å². The van der Waals surface area contributed by atoms with E-state index in [2.05, 4.69) is 17.1 Å². The molecule has 108 valence electrons. The van der Waals surface area contributed by atoms with Gasteiger partial charge >= 0.3 is 5.97 Å². The smallest absolute Gasteiger partial charge is 0.363 e. The lowest BCUT2D eigenvalue weighted by atomic mass is 10.0. The molecule has 0 fully saturated rings. The number of cyclic esters (lactones) is 1. The lowest BCUT2D eigenvalue weighted by Crippen LogP contribution is -2.05. The van der Waals surface area contributed by atoms with Gasteiger partial charge in [0.2, 0.25) is 5.90 Å². The Hall–Kier alpha value is -2.94. The van der Waals surface area contributed by atoms with Gasteiger partial charge in [0.05, 0.1) is 0 Å². The van der Waals surface area contributed by atoms with Crippen LogP contribution in [-0.2, 0) is 9.53 Å². The van der Waals surface area contributed by atoms with Gasteiger partial charge in [0, 0.05) is 5.56 Å². The lowest BCUT2D eigenvalue weighted by Gasteiger charge is -2.03. The molecule has 0 aromatic heterocycles. The largest absolute Gasteiger partial charge is 0.402 e. The average molecular weight is 289 g/mol. The van der Waals surface area contributed by atoms with Crippen LogP contribution in [0.4, 0.5) is 0 Å². The molecule has 3 heteroatoms. The number of carbonyl (C=O) groups excluding carboxylic acids is 1. The number of rotatable bonds is 3. The van der Waals surface area contributed by atoms with E-state index in [1.54, 1.807) is 12.2 Å². The number of esters is 1. The first-order valence-corrected chi connectivity index (χ1v) is 7.07. The van der Waals surface area contributed by atoms with E-state index in [9.17, 15) is 4.79 Å². The molecule has 0 radical (unpaired) electrons. The van der Waals surface area contributed by atoms with Crippen LogP contribution in [0, 0.1) is 0 Å². The third kappa shape index (κ3) is 2.88. The van der Waals surface area contributed by atoms with Gasteiger partial charge in [-0.25, -0.2) is 9.79 Å². The van der Waals surface area contributed by atoms with Crippen LogP contribution in [-0.4, -0.2) is 11.9 Å². The van der Waals surface area contributed by atoms with Gasteiger partial charge < -0.3 is 4.74 Å². The topological polar surface area (TPSA) is 38.7 Å². The maximum Gasteiger partial charge on any atom is 0.363 e. The molecule has 22 heavy (non-hydrogen) atoms. The molecule has 3 nitrogen and oxygen atoms in total. The normalized spacial score (nSPS) is 16.1. The van der Waals surface area contributed by atoms with E-state index in [1.807, 2.05) is 55.5 Å². The Morgan fingerprint density at radius 1 is 0.909 bits per heavy atom. The van der Waals surface area contributed by atoms with Gasteiger partial charge in [0.25, 0.3) is 0 Å². The van der Waals surface area contributed by atoms with Gasteiger partial charge in [-0.15, -0.1) is 0 Å². The molecule has 1 heterocycles. The lowest BCUT2D eigenvalue weighted by molar-refractivity contribution is -0.130. The number of carbonyl (C=O) groups is 1. The molecule has 0 spiro atoms. The quantitative estimate of drug-likeness (QED) is 0.630. The Labute approximate surface area is 129 Å². The number of benzene rings is 2. The second-order valence-corrected chi connectivity index (χ2v) is 4.83. The summed E-state index contributed by atoms with van der Waals surface area (Å²) >= 11 is 0. The Morgan fingerprint density at radius 2 is 1.55 bits per heavy atom. The van der Waals surface area contributed by atoms with Crippen LogP contribution < -0.4 is 0 Å². The highest BCUT2D eigenvalue weighted by molar-refractivity contribution is 6.11. The highest BCUT2D eigenvalue weighted by Gasteiger charge is 2.23. The second kappa shape index (κ2) is 6.22. The van der Waals surface area contributed by atoms with Crippen LogP contribution >= 0.6 is 0 Å². The number of hydrogen-bond acceptors (Lipinski definition) is 3. The van der Waals surface area contributed by atoms with E-state index < -0.39 is 5.97 Å². The Bertz CT molecular complexity index is 769. The highest BCUT2D eigenvalue weighted by Crippen LogP contribution is 2.22. The summed E-state index contributed by atoms with van der Waals surface area (Å²) in [6, 6.07) is 17.9. The standard InChI is InChI=1S/C19H15NO2/c1-2-3-9-17-19(21)22-18(20-17)16-12-10-15(11-13-16)14-7-5-4-6-8-14/h2-13H,1H3/b3-2+,17-9-. The summed E-state index contributed by atoms with van der Waals surface area (Å²) in [5.41, 5.74) is 3.36. The molecule has 0 unspecified atom stereocenters. The molecule has 0 saturated carbocycles. The summed E-state index contributed by atoms with van der Waals surface area (Å²) < 4.78 is 5.21. The summed E-state index contributed by atoms with van der Waals surface area (Å²) in [5, 5.41) is 0. The molecule has 0 bridgehead atoms. The van der Waals surface area contributed by atoms with E-state index in [1.165, 1.54) is 0 Å². The molecule has 0 amide bonds. The highest BCUT2D eigenvalue weighted by atomic mass is 16.6. The van der Waals surface area contributed by atoms with Gasteiger partial charge in [-0.1, -0.05) is 54.6 Å². The van der Waals surface area contributed by atoms with Gasteiger partial charge in [0.1, 0.15) is 0 Å². The fourth-order valence-corrected chi connectivity index (χ4v) is 2.17. The van der Waals surface area contributed by atoms with Gasteiger partial charge in [0.15, 0.2) is 5.70 Å². The Balaban J connectivity index is 1.86. The van der Waals surface area contributed by atoms with Gasteiger partial charge in [-0.3, -0.25) is 0 Å². The molecule has 3 rings (SSSR count). The van der Waals surface area contributed by atoms with Gasteiger partial charge in [-0.05, 0) is 36.3 Å². The summed E-state index contributed by atoms with van der Waals surface area (Å²) in [6.07, 6.45) is 5.25. The second-order valence-electron chi connectivity index (χ2n) is 4.83. The summed E-state index contributed by atoms with van der Waals surface area (Å²) in [4.78, 5) is 15.9. The third-order valence-corrected chi connectivity index (χ3v) is 3.31. The molecular weight excluding hydrogens is 274 g/mol. The fraction of sp³-hybridized carbons (Fsp3) is 0.0526. The van der Waals surface area contributed by atoms with Crippen molar-refractivity contribution < 1.29 is 9.53 Å². The first-order chi connectivity index (χ1) is 10.8. The Kier molecular flexibility index (Phi) is 3.97. The summed E-state index contributed by atoms with van der Waals surface area (Å²) in [5.74, 6) is -0.0689. The number of hydrogen-bond donors (Lipinski definition) is 0. The van der Waals surface area contributed by atoms with E-state index in [0.717, 1.165) is 16.7 Å². The Morgan fingerprint density at radius 3 is 2.23 bits per heavy atom. The molecule has 1 aliphatic heterocycles. The third-order valence-electron chi connectivity index (χ3n) is 3.31. The summed E-state index contributed by atoms with van der Waals surface area (Å²) in [6.45, 7) is 1.88. The van der Waals surface area contributed by atoms with Crippen LogP contribution in [0.25, 0.3) is 11.1 Å². The number of nitrogens with zero attached hydrogens (tertiary/aromatic N) is 1. The molecule has 2 aromatic rings. The minimum Gasteiger partial charge on any atom is -0.402 e. The molecule has 2 aromatic carbocycles. The molecule has 0 N–H and O–H groups in total. The van der Waals surface area contributed by atoms with Crippen molar-refractivity contribution in [3.8, 4) is 11.1 Å². The van der Waals surface area contributed by atoms with Crippen molar-refractivity contribution in [2.75, 3.05) is 0 Å². The van der Waals surface area contributed by atoms with Crippen molar-refractivity contribution in [2.45, 2.75) is 6.92 Å². The van der Waals surface area contributed by atoms with Crippen LogP contribution in [0.1, 0.15) is 12.5 Å². The zero-order valence-corrected chi connectivity index (χ0v) is 12.2. The van der Waals surface area contributed by atoms with Crippen LogP contribution in [0.5, 0.6) is 0 Å². The zero-order valence-electron chi connectivity index (χ0n) is 12.2. The number of aliphatic imine (C=N–C) groups is 1. The fourth-order valence-electron chi connectivity index (χ4n) is 2.17. The molecule has 0 saturated heterocycles. The number of ether oxygens (including phenoxy) is 1. The monoisotopic (exact) mass is 289 g/mol. The predicted octanol–water partition coefficient (Wildman–Crippen LogP) is 4.12. The van der Waals surface area contributed by atoms with Crippen molar-refractivity contribution in [3.05, 3.63) is 84.1 Å². The van der Waals surface area contributed by atoms with Crippen molar-refractivity contribution in [3.63, 3.8) is 0 Å². The zero-order chi connectivity index (χ0) is 15.4. The van der Waals surface area contributed by atoms with Crippen molar-refractivity contribution in [2.24, 2.45) is 4.99 Å². The molecular formula is C19H15NO2. The van der Waals surface area contributed by atoms with Crippen molar-refractivity contribution >= 4 is 11.9 Å². The van der Waals surface area contributed by atoms with E-state index in [0.29, 0.717) is 11.6 Å². The molecule has 1 aliphatic rings. The first-order valence-electron chi connectivity index (χ1n) is 7.07. The van der Waals surface area contributed by atoms with Crippen molar-refractivity contribution in [1.29, 1.82) is 0 Å². The van der Waals surface area contributed by atoms with Crippen LogP contribution in [0.15, 0.2) is 83.5 Å².